The molecule has 3 rings (SSSR count). The first-order chi connectivity index (χ1) is 16.0. The molecule has 0 radical (unpaired) electrons. The monoisotopic (exact) mass is 462 g/mol. The lowest BCUT2D eigenvalue weighted by molar-refractivity contribution is -0.118. The highest BCUT2D eigenvalue weighted by Gasteiger charge is 2.09. The van der Waals surface area contributed by atoms with Gasteiger partial charge in [0, 0.05) is 11.4 Å². The molecule has 33 heavy (non-hydrogen) atoms. The number of rotatable bonds is 9. The van der Waals surface area contributed by atoms with Crippen LogP contribution in [-0.2, 0) is 10.5 Å². The molecule has 3 N–H and O–H groups in total. The molecule has 0 saturated heterocycles. The van der Waals surface area contributed by atoms with E-state index < -0.39 is 0 Å². The molecule has 0 aliphatic carbocycles. The smallest absolute Gasteiger partial charge is 0.262 e. The van der Waals surface area contributed by atoms with Gasteiger partial charge >= 0.3 is 0 Å². The van der Waals surface area contributed by atoms with E-state index in [2.05, 4.69) is 15.5 Å². The molecule has 8 heteroatoms. The van der Waals surface area contributed by atoms with E-state index in [4.69, 9.17) is 15.2 Å². The van der Waals surface area contributed by atoms with Crippen molar-refractivity contribution < 1.29 is 14.3 Å². The molecule has 0 aliphatic heterocycles. The van der Waals surface area contributed by atoms with Crippen molar-refractivity contribution in [3.05, 3.63) is 89.5 Å². The number of anilines is 1. The summed E-state index contributed by atoms with van der Waals surface area (Å²) in [4.78, 5) is 12.2. The molecule has 0 aromatic heterocycles. The fourth-order valence-corrected chi connectivity index (χ4v) is 3.39. The molecule has 0 fully saturated rings. The van der Waals surface area contributed by atoms with Gasteiger partial charge in [-0.3, -0.25) is 4.79 Å². The van der Waals surface area contributed by atoms with E-state index in [0.29, 0.717) is 16.7 Å². The standard InChI is InChI=1S/C25H26N4O3S/c1-18-8-11-21(12-9-18)28-24(30)16-32-22-13-10-20(14-23(22)31-2)15-27-29-25(26)33-17-19-6-4-3-5-7-19/h3-15H,16-17H2,1-2H3,(H2,26,29)(H,28,30). The second-order valence-corrected chi connectivity index (χ2v) is 8.07. The minimum atomic E-state index is -0.260. The van der Waals surface area contributed by atoms with Crippen LogP contribution in [0.3, 0.4) is 0 Å². The first kappa shape index (κ1) is 23.9. The van der Waals surface area contributed by atoms with Gasteiger partial charge in [-0.15, -0.1) is 5.10 Å². The SMILES string of the molecule is COc1cc(C=NN=C(N)SCc2ccccc2)ccc1OCC(=O)Nc1ccc(C)cc1. The minimum absolute atomic E-state index is 0.142. The van der Waals surface area contributed by atoms with E-state index in [9.17, 15) is 4.79 Å². The zero-order valence-corrected chi connectivity index (χ0v) is 19.3. The normalized spacial score (nSPS) is 11.4. The number of methoxy groups -OCH3 is 1. The Kier molecular flexibility index (Phi) is 8.90. The average molecular weight is 463 g/mol. The molecule has 0 bridgehead atoms. The Morgan fingerprint density at radius 1 is 1.06 bits per heavy atom. The van der Waals surface area contributed by atoms with Gasteiger partial charge in [0.2, 0.25) is 0 Å². The third kappa shape index (κ3) is 8.01. The van der Waals surface area contributed by atoms with Gasteiger partial charge < -0.3 is 20.5 Å². The molecule has 0 saturated carbocycles. The summed E-state index contributed by atoms with van der Waals surface area (Å²) < 4.78 is 11.0. The second-order valence-electron chi connectivity index (χ2n) is 7.07. The molecule has 3 aromatic carbocycles. The number of hydrogen-bond donors (Lipinski definition) is 2. The summed E-state index contributed by atoms with van der Waals surface area (Å²) in [6.45, 7) is 1.85. The van der Waals surface area contributed by atoms with Crippen molar-refractivity contribution in [3.8, 4) is 11.5 Å². The van der Waals surface area contributed by atoms with Gasteiger partial charge in [0.25, 0.3) is 5.91 Å². The summed E-state index contributed by atoms with van der Waals surface area (Å²) in [7, 11) is 1.53. The van der Waals surface area contributed by atoms with Crippen LogP contribution in [0.25, 0.3) is 0 Å². The Bertz CT molecular complexity index is 1120. The lowest BCUT2D eigenvalue weighted by Gasteiger charge is -2.11. The number of amides is 1. The molecule has 7 nitrogen and oxygen atoms in total. The summed E-state index contributed by atoms with van der Waals surface area (Å²) >= 11 is 1.42. The summed E-state index contributed by atoms with van der Waals surface area (Å²) in [6, 6.07) is 22.8. The van der Waals surface area contributed by atoms with Crippen LogP contribution >= 0.6 is 11.8 Å². The number of thioether (sulfide) groups is 1. The van der Waals surface area contributed by atoms with Crippen LogP contribution < -0.4 is 20.5 Å². The van der Waals surface area contributed by atoms with E-state index in [-0.39, 0.29) is 12.5 Å². The van der Waals surface area contributed by atoms with E-state index in [1.165, 1.54) is 18.9 Å². The molecule has 3 aromatic rings. The maximum atomic E-state index is 12.2. The first-order valence-electron chi connectivity index (χ1n) is 10.2. The van der Waals surface area contributed by atoms with Crippen molar-refractivity contribution in [1.82, 2.24) is 0 Å². The number of amidine groups is 1. The van der Waals surface area contributed by atoms with Crippen LogP contribution in [0.2, 0.25) is 0 Å². The maximum absolute atomic E-state index is 12.2. The molecular weight excluding hydrogens is 436 g/mol. The van der Waals surface area contributed by atoms with Gasteiger partial charge in [-0.05, 0) is 48.4 Å². The van der Waals surface area contributed by atoms with Crippen molar-refractivity contribution in [2.45, 2.75) is 12.7 Å². The Morgan fingerprint density at radius 3 is 2.55 bits per heavy atom. The van der Waals surface area contributed by atoms with E-state index in [1.807, 2.05) is 61.5 Å². The average Bonchev–Trinajstić information content (AvgIpc) is 2.84. The first-order valence-corrected chi connectivity index (χ1v) is 11.2. The Morgan fingerprint density at radius 2 is 1.82 bits per heavy atom. The molecule has 0 atom stereocenters. The number of benzene rings is 3. The largest absolute Gasteiger partial charge is 0.493 e. The van der Waals surface area contributed by atoms with E-state index in [0.717, 1.165) is 28.1 Å². The zero-order valence-electron chi connectivity index (χ0n) is 18.5. The summed E-state index contributed by atoms with van der Waals surface area (Å²) in [6.07, 6.45) is 1.58. The van der Waals surface area contributed by atoms with Gasteiger partial charge in [-0.1, -0.05) is 59.8 Å². The number of aryl methyl sites for hydroxylation is 1. The molecule has 0 unspecified atom stereocenters. The number of carbonyl (C=O) groups is 1. The molecule has 0 heterocycles. The van der Waals surface area contributed by atoms with Gasteiger partial charge in [-0.2, -0.15) is 5.10 Å². The summed E-state index contributed by atoms with van der Waals surface area (Å²) in [5.74, 6) is 1.40. The third-order valence-electron chi connectivity index (χ3n) is 4.47. The predicted octanol–water partition coefficient (Wildman–Crippen LogP) is 4.60. The number of nitrogens with one attached hydrogen (secondary N) is 1. The fraction of sp³-hybridized carbons (Fsp3) is 0.160. The van der Waals surface area contributed by atoms with Crippen molar-refractivity contribution in [2.75, 3.05) is 19.0 Å². The number of hydrogen-bond acceptors (Lipinski definition) is 6. The van der Waals surface area contributed by atoms with Crippen molar-refractivity contribution >= 4 is 34.7 Å². The lowest BCUT2D eigenvalue weighted by atomic mass is 10.2. The number of nitrogens with zero attached hydrogens (tertiary/aromatic N) is 2. The van der Waals surface area contributed by atoms with E-state index >= 15 is 0 Å². The van der Waals surface area contributed by atoms with Gasteiger partial charge in [0.1, 0.15) is 0 Å². The number of carbonyl (C=O) groups excluding carboxylic acids is 1. The van der Waals surface area contributed by atoms with Gasteiger partial charge in [0.15, 0.2) is 23.3 Å². The fourth-order valence-electron chi connectivity index (χ4n) is 2.77. The number of ether oxygens (including phenoxy) is 2. The van der Waals surface area contributed by atoms with Crippen LogP contribution in [0.4, 0.5) is 5.69 Å². The number of nitrogens with two attached hydrogens (primary N) is 1. The minimum Gasteiger partial charge on any atom is -0.493 e. The quantitative estimate of drug-likeness (QED) is 0.275. The molecular formula is C25H26N4O3S. The van der Waals surface area contributed by atoms with Crippen LogP contribution in [0.15, 0.2) is 83.0 Å². The summed E-state index contributed by atoms with van der Waals surface area (Å²) in [5.41, 5.74) is 9.67. The Hall–Kier alpha value is -3.78. The van der Waals surface area contributed by atoms with Crippen LogP contribution in [-0.4, -0.2) is 31.0 Å². The Balaban J connectivity index is 1.52. The predicted molar refractivity (Wildman–Crippen MR) is 135 cm³/mol. The van der Waals surface area contributed by atoms with Crippen LogP contribution in [0.1, 0.15) is 16.7 Å². The van der Waals surface area contributed by atoms with Crippen molar-refractivity contribution in [2.24, 2.45) is 15.9 Å². The highest BCUT2D eigenvalue weighted by molar-refractivity contribution is 8.13. The van der Waals surface area contributed by atoms with Crippen molar-refractivity contribution in [3.63, 3.8) is 0 Å². The summed E-state index contributed by atoms with van der Waals surface area (Å²) in [5, 5.41) is 11.2. The highest BCUT2D eigenvalue weighted by atomic mass is 32.2. The highest BCUT2D eigenvalue weighted by Crippen LogP contribution is 2.27. The lowest BCUT2D eigenvalue weighted by Crippen LogP contribution is -2.20. The van der Waals surface area contributed by atoms with Gasteiger partial charge in [-0.25, -0.2) is 0 Å². The zero-order chi connectivity index (χ0) is 23.5. The molecule has 0 spiro atoms. The van der Waals surface area contributed by atoms with Gasteiger partial charge in [0.05, 0.1) is 13.3 Å². The maximum Gasteiger partial charge on any atom is 0.262 e. The third-order valence-corrected chi connectivity index (χ3v) is 5.33. The molecule has 0 aliphatic rings. The van der Waals surface area contributed by atoms with Crippen LogP contribution in [0, 0.1) is 6.92 Å². The molecule has 170 valence electrons. The van der Waals surface area contributed by atoms with Crippen molar-refractivity contribution in [1.29, 1.82) is 0 Å². The van der Waals surface area contributed by atoms with E-state index in [1.54, 1.807) is 24.4 Å². The molecule has 1 amide bonds. The topological polar surface area (TPSA) is 98.3 Å². The van der Waals surface area contributed by atoms with Crippen LogP contribution in [0.5, 0.6) is 11.5 Å². The Labute approximate surface area is 197 Å². The second kappa shape index (κ2) is 12.3.